The number of anilines is 1. The summed E-state index contributed by atoms with van der Waals surface area (Å²) in [5.74, 6) is 0.550. The molecule has 2 aromatic carbocycles. The molecule has 0 bridgehead atoms. The minimum absolute atomic E-state index is 0.112. The summed E-state index contributed by atoms with van der Waals surface area (Å²) in [6, 6.07) is 13.5. The predicted molar refractivity (Wildman–Crippen MR) is 82.4 cm³/mol. The molecular formula is C15H13FN6O. The van der Waals surface area contributed by atoms with Crippen molar-refractivity contribution in [2.45, 2.75) is 6.61 Å². The van der Waals surface area contributed by atoms with Gasteiger partial charge in [-0.05, 0) is 58.0 Å². The maximum absolute atomic E-state index is 12.8. The number of nitrogens with two attached hydrogens (primary N) is 1. The highest BCUT2D eigenvalue weighted by molar-refractivity contribution is 5.79. The number of nitrogens with zero attached hydrogens (tertiary/aromatic N) is 5. The van der Waals surface area contributed by atoms with Crippen LogP contribution in [0.15, 0.2) is 53.6 Å². The van der Waals surface area contributed by atoms with Gasteiger partial charge >= 0.3 is 0 Å². The Balaban J connectivity index is 1.59. The molecule has 0 aliphatic carbocycles. The van der Waals surface area contributed by atoms with E-state index in [1.165, 1.54) is 12.1 Å². The highest BCUT2D eigenvalue weighted by atomic mass is 19.1. The number of nitrogen functional groups attached to an aromatic ring is 1. The zero-order valence-corrected chi connectivity index (χ0v) is 12.0. The van der Waals surface area contributed by atoms with Crippen LogP contribution in [0.1, 0.15) is 11.1 Å². The monoisotopic (exact) mass is 312 g/mol. The molecule has 0 saturated heterocycles. The van der Waals surface area contributed by atoms with Gasteiger partial charge in [0.25, 0.3) is 5.95 Å². The van der Waals surface area contributed by atoms with E-state index >= 15 is 0 Å². The van der Waals surface area contributed by atoms with Crippen LogP contribution in [-0.2, 0) is 6.61 Å². The molecule has 0 amide bonds. The molecule has 0 atom stereocenters. The van der Waals surface area contributed by atoms with Crippen molar-refractivity contribution in [2.75, 3.05) is 5.73 Å². The van der Waals surface area contributed by atoms with Crippen molar-refractivity contribution in [3.63, 3.8) is 0 Å². The molecule has 23 heavy (non-hydrogen) atoms. The number of tetrazole rings is 1. The second-order valence-electron chi connectivity index (χ2n) is 4.66. The van der Waals surface area contributed by atoms with Crippen LogP contribution in [-0.4, -0.2) is 26.5 Å². The summed E-state index contributed by atoms with van der Waals surface area (Å²) in [5.41, 5.74) is 7.24. The largest absolute Gasteiger partial charge is 0.489 e. The van der Waals surface area contributed by atoms with Crippen LogP contribution in [0.4, 0.5) is 10.3 Å². The first kappa shape index (κ1) is 14.6. The van der Waals surface area contributed by atoms with E-state index in [1.54, 1.807) is 18.3 Å². The fourth-order valence-corrected chi connectivity index (χ4v) is 1.79. The third kappa shape index (κ3) is 3.88. The molecule has 0 aliphatic rings. The van der Waals surface area contributed by atoms with E-state index in [1.807, 2.05) is 24.3 Å². The van der Waals surface area contributed by atoms with Crippen LogP contribution in [0.5, 0.6) is 5.75 Å². The van der Waals surface area contributed by atoms with Gasteiger partial charge in [0, 0.05) is 0 Å². The van der Waals surface area contributed by atoms with E-state index in [4.69, 9.17) is 10.5 Å². The van der Waals surface area contributed by atoms with Crippen molar-refractivity contribution < 1.29 is 9.13 Å². The third-order valence-electron chi connectivity index (χ3n) is 2.99. The summed E-state index contributed by atoms with van der Waals surface area (Å²) in [5, 5.41) is 14.5. The number of aromatic nitrogens is 4. The van der Waals surface area contributed by atoms with Crippen LogP contribution in [0.25, 0.3) is 0 Å². The fourth-order valence-electron chi connectivity index (χ4n) is 1.79. The molecular weight excluding hydrogens is 299 g/mol. The van der Waals surface area contributed by atoms with Gasteiger partial charge in [0.2, 0.25) is 0 Å². The molecule has 3 rings (SSSR count). The molecule has 0 unspecified atom stereocenters. The van der Waals surface area contributed by atoms with Gasteiger partial charge in [-0.3, -0.25) is 0 Å². The molecule has 8 heteroatoms. The van der Waals surface area contributed by atoms with Crippen molar-refractivity contribution in [1.82, 2.24) is 20.3 Å². The Labute approximate surface area is 131 Å². The first-order chi connectivity index (χ1) is 11.2. The molecule has 0 fully saturated rings. The Bertz CT molecular complexity index is 798. The lowest BCUT2D eigenvalue weighted by Crippen LogP contribution is -1.99. The average molecular weight is 312 g/mol. The van der Waals surface area contributed by atoms with Crippen LogP contribution < -0.4 is 10.5 Å². The fraction of sp³-hybridized carbons (Fsp3) is 0.0667. The molecule has 0 saturated carbocycles. The topological polar surface area (TPSA) is 91.2 Å². The Hall–Kier alpha value is -3.29. The van der Waals surface area contributed by atoms with Gasteiger partial charge < -0.3 is 10.5 Å². The molecule has 116 valence electrons. The molecule has 1 aromatic heterocycles. The second kappa shape index (κ2) is 6.65. The Morgan fingerprint density at radius 1 is 1.13 bits per heavy atom. The molecule has 0 aliphatic heterocycles. The van der Waals surface area contributed by atoms with Gasteiger partial charge in [-0.1, -0.05) is 22.0 Å². The number of rotatable bonds is 5. The molecule has 0 radical (unpaired) electrons. The zero-order valence-electron chi connectivity index (χ0n) is 12.0. The van der Waals surface area contributed by atoms with Crippen LogP contribution in [0.3, 0.4) is 0 Å². The van der Waals surface area contributed by atoms with Crippen molar-refractivity contribution >= 4 is 12.2 Å². The molecule has 7 nitrogen and oxygen atoms in total. The molecule has 1 heterocycles. The Kier molecular flexibility index (Phi) is 4.23. The van der Waals surface area contributed by atoms with Crippen LogP contribution >= 0.6 is 0 Å². The van der Waals surface area contributed by atoms with Crippen molar-refractivity contribution in [3.05, 3.63) is 65.5 Å². The zero-order chi connectivity index (χ0) is 16.1. The van der Waals surface area contributed by atoms with Crippen molar-refractivity contribution in [1.29, 1.82) is 0 Å². The summed E-state index contributed by atoms with van der Waals surface area (Å²) in [7, 11) is 0. The van der Waals surface area contributed by atoms with Crippen LogP contribution in [0, 0.1) is 5.82 Å². The molecule has 3 aromatic rings. The molecule has 0 spiro atoms. The quantitative estimate of drug-likeness (QED) is 0.726. The second-order valence-corrected chi connectivity index (χ2v) is 4.66. The SMILES string of the molecule is Nc1nnnn1/N=C/c1ccc(OCc2ccc(F)cc2)cc1. The van der Waals surface area contributed by atoms with E-state index in [2.05, 4.69) is 20.6 Å². The van der Waals surface area contributed by atoms with Gasteiger partial charge in [0.05, 0.1) is 6.21 Å². The predicted octanol–water partition coefficient (Wildman–Crippen LogP) is 1.86. The summed E-state index contributed by atoms with van der Waals surface area (Å²) in [6.07, 6.45) is 1.58. The van der Waals surface area contributed by atoms with Crippen molar-refractivity contribution in [2.24, 2.45) is 5.10 Å². The first-order valence-corrected chi connectivity index (χ1v) is 6.76. The summed E-state index contributed by atoms with van der Waals surface area (Å²) in [6.45, 7) is 0.370. The number of benzene rings is 2. The lowest BCUT2D eigenvalue weighted by Gasteiger charge is -2.06. The van der Waals surface area contributed by atoms with E-state index in [9.17, 15) is 4.39 Å². The van der Waals surface area contributed by atoms with E-state index in [0.717, 1.165) is 15.9 Å². The maximum atomic E-state index is 12.8. The minimum Gasteiger partial charge on any atom is -0.489 e. The normalized spacial score (nSPS) is 11.0. The van der Waals surface area contributed by atoms with Gasteiger partial charge in [0.1, 0.15) is 18.2 Å². The van der Waals surface area contributed by atoms with Gasteiger partial charge in [-0.25, -0.2) is 4.39 Å². The minimum atomic E-state index is -0.263. The summed E-state index contributed by atoms with van der Waals surface area (Å²) in [4.78, 5) is 1.12. The number of halogens is 1. The van der Waals surface area contributed by atoms with Crippen molar-refractivity contribution in [3.8, 4) is 5.75 Å². The Morgan fingerprint density at radius 3 is 2.52 bits per heavy atom. The highest BCUT2D eigenvalue weighted by Crippen LogP contribution is 2.14. The lowest BCUT2D eigenvalue weighted by atomic mass is 10.2. The summed E-state index contributed by atoms with van der Waals surface area (Å²) >= 11 is 0. The standard InChI is InChI=1S/C15H13FN6O/c16-13-5-1-12(2-6-13)10-23-14-7-3-11(4-8-14)9-18-22-15(17)19-20-21-22/h1-9H,10H2,(H2,17,19,21)/b18-9+. The first-order valence-electron chi connectivity index (χ1n) is 6.76. The van der Waals surface area contributed by atoms with Gasteiger partial charge in [0.15, 0.2) is 0 Å². The average Bonchev–Trinajstić information content (AvgIpc) is 2.98. The number of hydrogen-bond acceptors (Lipinski definition) is 6. The van der Waals surface area contributed by atoms with Gasteiger partial charge in [-0.2, -0.15) is 5.10 Å². The smallest absolute Gasteiger partial charge is 0.263 e. The highest BCUT2D eigenvalue weighted by Gasteiger charge is 1.99. The summed E-state index contributed by atoms with van der Waals surface area (Å²) < 4.78 is 18.5. The van der Waals surface area contributed by atoms with E-state index in [-0.39, 0.29) is 11.8 Å². The van der Waals surface area contributed by atoms with Gasteiger partial charge in [-0.15, -0.1) is 0 Å². The van der Waals surface area contributed by atoms with E-state index < -0.39 is 0 Å². The molecule has 2 N–H and O–H groups in total. The third-order valence-corrected chi connectivity index (χ3v) is 2.99. The Morgan fingerprint density at radius 2 is 1.87 bits per heavy atom. The van der Waals surface area contributed by atoms with Crippen LogP contribution in [0.2, 0.25) is 0 Å². The van der Waals surface area contributed by atoms with E-state index in [0.29, 0.717) is 12.4 Å². The maximum Gasteiger partial charge on any atom is 0.263 e. The number of hydrogen-bond donors (Lipinski definition) is 1. The number of ether oxygens (including phenoxy) is 1. The lowest BCUT2D eigenvalue weighted by molar-refractivity contribution is 0.306.